The molecule has 0 aromatic heterocycles. The largest absolute Gasteiger partial charge is 0.468 e. The maximum atomic E-state index is 13.1. The molecule has 1 aromatic carbocycles. The Hall–Kier alpha value is -1.56. The third kappa shape index (κ3) is 2.10. The van der Waals surface area contributed by atoms with Crippen LogP contribution in [0.15, 0.2) is 12.1 Å². The molecule has 0 saturated carbocycles. The number of halogens is 3. The predicted molar refractivity (Wildman–Crippen MR) is 45.3 cm³/mol. The Kier molecular flexibility index (Phi) is 3.31. The molecule has 3 nitrogen and oxygen atoms in total. The summed E-state index contributed by atoms with van der Waals surface area (Å²) in [6, 6.07) is 0.122. The molecule has 1 aromatic rings. The summed E-state index contributed by atoms with van der Waals surface area (Å²) in [5, 5.41) is 0. The minimum atomic E-state index is -1.66. The Morgan fingerprint density at radius 2 is 1.93 bits per heavy atom. The summed E-state index contributed by atoms with van der Waals surface area (Å²) in [6.45, 7) is 0. The molecule has 0 heterocycles. The van der Waals surface area contributed by atoms with E-state index in [1.807, 2.05) is 0 Å². The molecule has 1 atom stereocenters. The lowest BCUT2D eigenvalue weighted by molar-refractivity contribution is -0.142. The van der Waals surface area contributed by atoms with Gasteiger partial charge in [0.05, 0.1) is 7.11 Å². The second kappa shape index (κ2) is 4.31. The van der Waals surface area contributed by atoms with E-state index in [0.717, 1.165) is 13.2 Å². The van der Waals surface area contributed by atoms with Crippen molar-refractivity contribution in [2.45, 2.75) is 6.04 Å². The molecule has 82 valence electrons. The van der Waals surface area contributed by atoms with Gasteiger partial charge in [-0.3, -0.25) is 4.79 Å². The van der Waals surface area contributed by atoms with Gasteiger partial charge in [0.1, 0.15) is 6.04 Å². The molecule has 0 spiro atoms. The Labute approximate surface area is 83.6 Å². The monoisotopic (exact) mass is 219 g/mol. The molecule has 0 unspecified atom stereocenters. The fourth-order valence-electron chi connectivity index (χ4n) is 1.03. The molecule has 0 aliphatic rings. The highest BCUT2D eigenvalue weighted by molar-refractivity contribution is 5.77. The third-order valence-electron chi connectivity index (χ3n) is 1.86. The maximum Gasteiger partial charge on any atom is 0.327 e. The predicted octanol–water partition coefficient (Wildman–Crippen LogP) is 1.28. The Morgan fingerprint density at radius 3 is 2.47 bits per heavy atom. The molecule has 2 N–H and O–H groups in total. The summed E-state index contributed by atoms with van der Waals surface area (Å²) >= 11 is 0. The van der Waals surface area contributed by atoms with Crippen LogP contribution in [0.25, 0.3) is 0 Å². The molecule has 1 rings (SSSR count). The lowest BCUT2D eigenvalue weighted by atomic mass is 10.1. The number of carbonyl (C=O) groups excluding carboxylic acids is 1. The summed E-state index contributed by atoms with van der Waals surface area (Å²) < 4.78 is 42.6. The molecule has 0 aliphatic heterocycles. The van der Waals surface area contributed by atoms with Crippen molar-refractivity contribution in [1.29, 1.82) is 0 Å². The number of esters is 1. The quantitative estimate of drug-likeness (QED) is 0.602. The summed E-state index contributed by atoms with van der Waals surface area (Å²) in [7, 11) is 1.06. The number of ether oxygens (including phenoxy) is 1. The van der Waals surface area contributed by atoms with Crippen molar-refractivity contribution in [3.05, 3.63) is 35.1 Å². The van der Waals surface area contributed by atoms with Gasteiger partial charge in [-0.2, -0.15) is 0 Å². The molecule has 0 bridgehead atoms. The van der Waals surface area contributed by atoms with Crippen LogP contribution < -0.4 is 5.73 Å². The van der Waals surface area contributed by atoms with Crippen molar-refractivity contribution in [3.63, 3.8) is 0 Å². The van der Waals surface area contributed by atoms with Crippen LogP contribution in [0, 0.1) is 17.5 Å². The van der Waals surface area contributed by atoms with E-state index in [4.69, 9.17) is 5.73 Å². The highest BCUT2D eigenvalue weighted by atomic mass is 19.2. The fraction of sp³-hybridized carbons (Fsp3) is 0.222. The van der Waals surface area contributed by atoms with E-state index in [2.05, 4.69) is 4.74 Å². The van der Waals surface area contributed by atoms with E-state index < -0.39 is 35.0 Å². The molecule has 6 heteroatoms. The van der Waals surface area contributed by atoms with Crippen molar-refractivity contribution in [2.75, 3.05) is 7.11 Å². The van der Waals surface area contributed by atoms with Gasteiger partial charge in [-0.1, -0.05) is 6.07 Å². The van der Waals surface area contributed by atoms with Crippen LogP contribution in [0.5, 0.6) is 0 Å². The van der Waals surface area contributed by atoms with Gasteiger partial charge in [-0.25, -0.2) is 13.2 Å². The van der Waals surface area contributed by atoms with Crippen molar-refractivity contribution >= 4 is 5.97 Å². The van der Waals surface area contributed by atoms with Crippen LogP contribution in [-0.4, -0.2) is 13.1 Å². The average Bonchev–Trinajstić information content (AvgIpc) is 2.24. The van der Waals surface area contributed by atoms with E-state index in [9.17, 15) is 18.0 Å². The number of hydrogen-bond donors (Lipinski definition) is 1. The zero-order chi connectivity index (χ0) is 11.6. The minimum absolute atomic E-state index is 0.444. The molecule has 15 heavy (non-hydrogen) atoms. The van der Waals surface area contributed by atoms with Crippen molar-refractivity contribution in [1.82, 2.24) is 0 Å². The SMILES string of the molecule is COC(=O)[C@@H](N)c1ccc(F)c(F)c1F. The number of nitrogens with two attached hydrogens (primary N) is 1. The van der Waals surface area contributed by atoms with Crippen molar-refractivity contribution in [2.24, 2.45) is 5.73 Å². The van der Waals surface area contributed by atoms with Crippen LogP contribution in [-0.2, 0) is 9.53 Å². The molecule has 0 saturated heterocycles. The number of hydrogen-bond acceptors (Lipinski definition) is 3. The molecule has 0 fully saturated rings. The van der Waals surface area contributed by atoms with Gasteiger partial charge in [0.15, 0.2) is 17.5 Å². The zero-order valence-electron chi connectivity index (χ0n) is 7.76. The van der Waals surface area contributed by atoms with Crippen LogP contribution in [0.4, 0.5) is 13.2 Å². The second-order valence-corrected chi connectivity index (χ2v) is 2.77. The number of benzene rings is 1. The van der Waals surface area contributed by atoms with E-state index in [0.29, 0.717) is 6.07 Å². The van der Waals surface area contributed by atoms with Gasteiger partial charge < -0.3 is 10.5 Å². The Balaban J connectivity index is 3.16. The first-order chi connectivity index (χ1) is 6.99. The molecular weight excluding hydrogens is 211 g/mol. The van der Waals surface area contributed by atoms with Crippen molar-refractivity contribution in [3.8, 4) is 0 Å². The average molecular weight is 219 g/mol. The van der Waals surface area contributed by atoms with Crippen LogP contribution in [0.2, 0.25) is 0 Å². The van der Waals surface area contributed by atoms with Gasteiger partial charge in [0.25, 0.3) is 0 Å². The summed E-state index contributed by atoms with van der Waals surface area (Å²) in [5.74, 6) is -5.41. The normalized spacial score (nSPS) is 12.3. The smallest absolute Gasteiger partial charge is 0.327 e. The van der Waals surface area contributed by atoms with Gasteiger partial charge >= 0.3 is 5.97 Å². The summed E-state index contributed by atoms with van der Waals surface area (Å²) in [5.41, 5.74) is 4.82. The number of methoxy groups -OCH3 is 1. The molecule has 0 radical (unpaired) electrons. The first-order valence-corrected chi connectivity index (χ1v) is 3.95. The second-order valence-electron chi connectivity index (χ2n) is 2.77. The summed E-state index contributed by atoms with van der Waals surface area (Å²) in [4.78, 5) is 10.9. The van der Waals surface area contributed by atoms with Gasteiger partial charge in [0.2, 0.25) is 0 Å². The highest BCUT2D eigenvalue weighted by Crippen LogP contribution is 2.20. The molecule has 0 aliphatic carbocycles. The first kappa shape index (κ1) is 11.5. The zero-order valence-corrected chi connectivity index (χ0v) is 7.76. The molecule has 0 amide bonds. The Morgan fingerprint density at radius 1 is 1.33 bits per heavy atom. The fourth-order valence-corrected chi connectivity index (χ4v) is 1.03. The number of carbonyl (C=O) groups is 1. The van der Waals surface area contributed by atoms with Gasteiger partial charge in [-0.05, 0) is 6.07 Å². The lowest BCUT2D eigenvalue weighted by Crippen LogP contribution is -2.24. The van der Waals surface area contributed by atoms with Gasteiger partial charge in [-0.15, -0.1) is 0 Å². The van der Waals surface area contributed by atoms with E-state index in [1.54, 1.807) is 0 Å². The van der Waals surface area contributed by atoms with Crippen LogP contribution >= 0.6 is 0 Å². The Bertz CT molecular complexity index is 395. The van der Waals surface area contributed by atoms with Gasteiger partial charge in [0, 0.05) is 5.56 Å². The van der Waals surface area contributed by atoms with Crippen LogP contribution in [0.3, 0.4) is 0 Å². The van der Waals surface area contributed by atoms with E-state index in [1.165, 1.54) is 0 Å². The van der Waals surface area contributed by atoms with E-state index in [-0.39, 0.29) is 0 Å². The molecular formula is C9H8F3NO2. The van der Waals surface area contributed by atoms with E-state index >= 15 is 0 Å². The lowest BCUT2D eigenvalue weighted by Gasteiger charge is -2.10. The topological polar surface area (TPSA) is 52.3 Å². The van der Waals surface area contributed by atoms with Crippen LogP contribution in [0.1, 0.15) is 11.6 Å². The first-order valence-electron chi connectivity index (χ1n) is 3.95. The van der Waals surface area contributed by atoms with Crippen molar-refractivity contribution < 1.29 is 22.7 Å². The maximum absolute atomic E-state index is 13.1. The number of rotatable bonds is 2. The third-order valence-corrected chi connectivity index (χ3v) is 1.86. The standard InChI is InChI=1S/C9H8F3NO2/c1-15-9(14)8(13)4-2-3-5(10)7(12)6(4)11/h2-3,8H,13H2,1H3/t8-/m0/s1. The highest BCUT2D eigenvalue weighted by Gasteiger charge is 2.23. The summed E-state index contributed by atoms with van der Waals surface area (Å²) in [6.07, 6.45) is 0. The minimum Gasteiger partial charge on any atom is -0.468 e.